The smallest absolute Gasteiger partial charge is 0.326 e. The molecule has 0 saturated heterocycles. The van der Waals surface area contributed by atoms with Gasteiger partial charge in [0.25, 0.3) is 0 Å². The number of ether oxygens (including phenoxy) is 1. The zero-order valence-electron chi connectivity index (χ0n) is 12.1. The molecule has 1 amide bonds. The summed E-state index contributed by atoms with van der Waals surface area (Å²) >= 11 is 0. The van der Waals surface area contributed by atoms with Crippen molar-refractivity contribution in [2.75, 3.05) is 13.1 Å². The number of carbonyl (C=O) groups is 3. The average molecular weight is 286 g/mol. The van der Waals surface area contributed by atoms with Crippen molar-refractivity contribution in [3.05, 3.63) is 12.7 Å². The lowest BCUT2D eigenvalue weighted by Gasteiger charge is -2.21. The number of carboxylic acid groups (broad SMARTS) is 1. The van der Waals surface area contributed by atoms with Crippen LogP contribution in [0, 0.1) is 0 Å². The van der Waals surface area contributed by atoms with Crippen LogP contribution in [-0.2, 0) is 19.1 Å². The Labute approximate surface area is 118 Å². The minimum atomic E-state index is -1.30. The summed E-state index contributed by atoms with van der Waals surface area (Å²) in [5.74, 6) is -2.47. The van der Waals surface area contributed by atoms with Gasteiger partial charge in [-0.25, -0.2) is 4.79 Å². The van der Waals surface area contributed by atoms with Gasteiger partial charge in [-0.05, 0) is 20.8 Å². The number of rotatable bonds is 8. The molecule has 0 spiro atoms. The Morgan fingerprint density at radius 2 is 1.95 bits per heavy atom. The van der Waals surface area contributed by atoms with Crippen LogP contribution in [0.4, 0.5) is 0 Å². The second-order valence-electron chi connectivity index (χ2n) is 5.17. The quantitative estimate of drug-likeness (QED) is 0.331. The van der Waals surface area contributed by atoms with Gasteiger partial charge in [-0.2, -0.15) is 0 Å². The van der Waals surface area contributed by atoms with Crippen LogP contribution in [0.3, 0.4) is 0 Å². The number of amides is 1. The monoisotopic (exact) mass is 286 g/mol. The molecule has 0 rings (SSSR count). The second kappa shape index (κ2) is 8.31. The Kier molecular flexibility index (Phi) is 7.53. The molecular weight excluding hydrogens is 264 g/mol. The summed E-state index contributed by atoms with van der Waals surface area (Å²) < 4.78 is 5.02. The van der Waals surface area contributed by atoms with Gasteiger partial charge in [0.15, 0.2) is 0 Å². The molecule has 0 aliphatic carbocycles. The van der Waals surface area contributed by atoms with E-state index in [1.54, 1.807) is 26.8 Å². The fourth-order valence-corrected chi connectivity index (χ4v) is 1.28. The van der Waals surface area contributed by atoms with Gasteiger partial charge in [-0.15, -0.1) is 6.58 Å². The Bertz CT molecular complexity index is 373. The molecule has 0 aliphatic rings. The molecule has 0 aliphatic heterocycles. The fraction of sp³-hybridized carbons (Fsp3) is 0.615. The molecule has 0 bridgehead atoms. The number of hydrogen-bond acceptors (Lipinski definition) is 5. The lowest BCUT2D eigenvalue weighted by Crippen LogP contribution is -2.46. The van der Waals surface area contributed by atoms with Crippen LogP contribution in [0.1, 0.15) is 27.2 Å². The van der Waals surface area contributed by atoms with Gasteiger partial charge in [0.05, 0.1) is 13.0 Å². The molecule has 0 aromatic carbocycles. The third-order valence-electron chi connectivity index (χ3n) is 2.00. The number of aliphatic carboxylic acids is 1. The predicted octanol–water partition coefficient (Wildman–Crippen LogP) is 0.0632. The van der Waals surface area contributed by atoms with Crippen molar-refractivity contribution >= 4 is 17.8 Å². The van der Waals surface area contributed by atoms with E-state index >= 15 is 0 Å². The molecule has 3 N–H and O–H groups in total. The van der Waals surface area contributed by atoms with Crippen LogP contribution in [0.2, 0.25) is 0 Å². The fourth-order valence-electron chi connectivity index (χ4n) is 1.28. The lowest BCUT2D eigenvalue weighted by atomic mass is 10.1. The number of carboxylic acids is 1. The molecular formula is C13H22N2O5. The number of hydrogen-bond donors (Lipinski definition) is 3. The van der Waals surface area contributed by atoms with E-state index in [9.17, 15) is 14.4 Å². The minimum absolute atomic E-state index is 0.0515. The highest BCUT2D eigenvalue weighted by Crippen LogP contribution is 2.09. The van der Waals surface area contributed by atoms with E-state index in [-0.39, 0.29) is 6.54 Å². The van der Waals surface area contributed by atoms with E-state index in [4.69, 9.17) is 9.84 Å². The Morgan fingerprint density at radius 1 is 1.35 bits per heavy atom. The van der Waals surface area contributed by atoms with Gasteiger partial charge >= 0.3 is 11.9 Å². The first-order valence-corrected chi connectivity index (χ1v) is 6.21. The SMILES string of the molecule is C=CCNCC(=O)N[C@@H](CC(=O)OC(C)(C)C)C(=O)O. The summed E-state index contributed by atoms with van der Waals surface area (Å²) in [6, 6.07) is -1.30. The maximum Gasteiger partial charge on any atom is 0.326 e. The largest absolute Gasteiger partial charge is 0.480 e. The molecule has 0 aromatic heterocycles. The zero-order chi connectivity index (χ0) is 15.8. The predicted molar refractivity (Wildman–Crippen MR) is 73.1 cm³/mol. The van der Waals surface area contributed by atoms with E-state index in [1.165, 1.54) is 0 Å². The molecule has 20 heavy (non-hydrogen) atoms. The van der Waals surface area contributed by atoms with Gasteiger partial charge in [0.2, 0.25) is 5.91 Å². The third kappa shape index (κ3) is 9.09. The lowest BCUT2D eigenvalue weighted by molar-refractivity contribution is -0.158. The molecule has 0 fully saturated rings. The summed E-state index contributed by atoms with van der Waals surface area (Å²) in [5, 5.41) is 14.0. The van der Waals surface area contributed by atoms with Crippen LogP contribution in [0.5, 0.6) is 0 Å². The summed E-state index contributed by atoms with van der Waals surface area (Å²) in [6.45, 7) is 8.88. The minimum Gasteiger partial charge on any atom is -0.480 e. The first-order valence-electron chi connectivity index (χ1n) is 6.21. The van der Waals surface area contributed by atoms with Crippen LogP contribution < -0.4 is 10.6 Å². The van der Waals surface area contributed by atoms with Crippen molar-refractivity contribution < 1.29 is 24.2 Å². The van der Waals surface area contributed by atoms with Crippen molar-refractivity contribution in [3.8, 4) is 0 Å². The standard InChI is InChI=1S/C13H22N2O5/c1-5-6-14-8-10(16)15-9(12(18)19)7-11(17)20-13(2,3)4/h5,9,14H,1,6-8H2,2-4H3,(H,15,16)(H,18,19)/t9-/m0/s1. The molecule has 0 unspecified atom stereocenters. The molecule has 0 heterocycles. The summed E-state index contributed by atoms with van der Waals surface area (Å²) in [5.41, 5.74) is -0.699. The van der Waals surface area contributed by atoms with Crippen LogP contribution in [0.15, 0.2) is 12.7 Å². The Hall–Kier alpha value is -1.89. The Balaban J connectivity index is 4.36. The van der Waals surface area contributed by atoms with Gasteiger partial charge in [0, 0.05) is 6.54 Å². The highest BCUT2D eigenvalue weighted by Gasteiger charge is 2.26. The first-order chi connectivity index (χ1) is 9.15. The van der Waals surface area contributed by atoms with Gasteiger partial charge in [-0.3, -0.25) is 9.59 Å². The highest BCUT2D eigenvalue weighted by molar-refractivity contribution is 5.87. The maximum absolute atomic E-state index is 11.5. The summed E-state index contributed by atoms with van der Waals surface area (Å²) in [7, 11) is 0. The van der Waals surface area contributed by atoms with E-state index in [1.807, 2.05) is 0 Å². The molecule has 1 atom stereocenters. The van der Waals surface area contributed by atoms with Crippen molar-refractivity contribution in [3.63, 3.8) is 0 Å². The van der Waals surface area contributed by atoms with Gasteiger partial charge in [-0.1, -0.05) is 6.08 Å². The Morgan fingerprint density at radius 3 is 2.40 bits per heavy atom. The summed E-state index contributed by atoms with van der Waals surface area (Å²) in [6.07, 6.45) is 1.16. The van der Waals surface area contributed by atoms with Crippen LogP contribution >= 0.6 is 0 Å². The van der Waals surface area contributed by atoms with Crippen LogP contribution in [-0.4, -0.2) is 47.7 Å². The van der Waals surface area contributed by atoms with Crippen molar-refractivity contribution in [2.45, 2.75) is 38.8 Å². The van der Waals surface area contributed by atoms with E-state index < -0.39 is 35.9 Å². The first kappa shape index (κ1) is 18.1. The number of esters is 1. The van der Waals surface area contributed by atoms with Gasteiger partial charge < -0.3 is 20.5 Å². The maximum atomic E-state index is 11.5. The second-order valence-corrected chi connectivity index (χ2v) is 5.17. The number of nitrogens with one attached hydrogen (secondary N) is 2. The highest BCUT2D eigenvalue weighted by atomic mass is 16.6. The average Bonchev–Trinajstić information content (AvgIpc) is 2.25. The van der Waals surface area contributed by atoms with Gasteiger partial charge in [0.1, 0.15) is 11.6 Å². The normalized spacial score (nSPS) is 12.3. The summed E-state index contributed by atoms with van der Waals surface area (Å²) in [4.78, 5) is 34.0. The van der Waals surface area contributed by atoms with E-state index in [2.05, 4.69) is 17.2 Å². The number of carbonyl (C=O) groups excluding carboxylic acids is 2. The van der Waals surface area contributed by atoms with Crippen molar-refractivity contribution in [1.82, 2.24) is 10.6 Å². The van der Waals surface area contributed by atoms with Crippen molar-refractivity contribution in [1.29, 1.82) is 0 Å². The molecule has 7 nitrogen and oxygen atoms in total. The van der Waals surface area contributed by atoms with Crippen molar-refractivity contribution in [2.24, 2.45) is 0 Å². The molecule has 114 valence electrons. The zero-order valence-corrected chi connectivity index (χ0v) is 12.1. The molecule has 7 heteroatoms. The third-order valence-corrected chi connectivity index (χ3v) is 2.00. The topological polar surface area (TPSA) is 105 Å². The van der Waals surface area contributed by atoms with E-state index in [0.29, 0.717) is 6.54 Å². The molecule has 0 radical (unpaired) electrons. The van der Waals surface area contributed by atoms with E-state index in [0.717, 1.165) is 0 Å². The van der Waals surface area contributed by atoms with Crippen LogP contribution in [0.25, 0.3) is 0 Å². The molecule has 0 aromatic rings. The molecule has 0 saturated carbocycles.